The molecule has 0 spiro atoms. The molecule has 0 saturated carbocycles. The minimum absolute atomic E-state index is 0.0429. The van der Waals surface area contributed by atoms with Gasteiger partial charge in [0.25, 0.3) is 0 Å². The van der Waals surface area contributed by atoms with E-state index < -0.39 is 0 Å². The van der Waals surface area contributed by atoms with Crippen molar-refractivity contribution in [2.45, 2.75) is 37.6 Å². The molecule has 0 bridgehead atoms. The number of benzene rings is 2. The van der Waals surface area contributed by atoms with Crippen LogP contribution in [0, 0.1) is 0 Å². The number of nitrogens with two attached hydrogens (primary N) is 1. The summed E-state index contributed by atoms with van der Waals surface area (Å²) >= 11 is 1.85. The Morgan fingerprint density at radius 1 is 0.952 bits per heavy atom. The predicted octanol–water partition coefficient (Wildman–Crippen LogP) is 4.30. The molecule has 0 radical (unpaired) electrons. The largest absolute Gasteiger partial charge is 0.271 e. The number of aryl methyl sites for hydroxylation is 1. The maximum Gasteiger partial charge on any atom is 0.0710 e. The van der Waals surface area contributed by atoms with Gasteiger partial charge in [0.1, 0.15) is 0 Å². The van der Waals surface area contributed by atoms with E-state index in [2.05, 4.69) is 67.8 Å². The van der Waals surface area contributed by atoms with Crippen LogP contribution < -0.4 is 11.3 Å². The third-order valence-electron chi connectivity index (χ3n) is 3.54. The maximum absolute atomic E-state index is 5.78. The van der Waals surface area contributed by atoms with E-state index >= 15 is 0 Å². The second-order valence-corrected chi connectivity index (χ2v) is 6.43. The summed E-state index contributed by atoms with van der Waals surface area (Å²) in [4.78, 5) is 1.30. The second-order valence-electron chi connectivity index (χ2n) is 5.09. The number of nitrogens with one attached hydrogen (secondary N) is 1. The average Bonchev–Trinajstić information content (AvgIpc) is 2.52. The van der Waals surface area contributed by atoms with Crippen LogP contribution >= 0.6 is 11.8 Å². The predicted molar refractivity (Wildman–Crippen MR) is 92.4 cm³/mol. The first-order valence-electron chi connectivity index (χ1n) is 7.56. The lowest BCUT2D eigenvalue weighted by atomic mass is 9.97. The molecule has 1 unspecified atom stereocenters. The Hall–Kier alpha value is -1.29. The molecule has 21 heavy (non-hydrogen) atoms. The number of rotatable bonds is 7. The Morgan fingerprint density at radius 2 is 1.52 bits per heavy atom. The van der Waals surface area contributed by atoms with Crippen molar-refractivity contribution in [2.75, 3.05) is 5.75 Å². The average molecular weight is 300 g/mol. The molecule has 0 heterocycles. The van der Waals surface area contributed by atoms with Gasteiger partial charge >= 0.3 is 0 Å². The van der Waals surface area contributed by atoms with E-state index in [4.69, 9.17) is 5.84 Å². The second kappa shape index (κ2) is 8.23. The number of thioether (sulfide) groups is 1. The monoisotopic (exact) mass is 300 g/mol. The molecular weight excluding hydrogens is 276 g/mol. The summed E-state index contributed by atoms with van der Waals surface area (Å²) in [7, 11) is 0. The van der Waals surface area contributed by atoms with Gasteiger partial charge in [-0.05, 0) is 41.0 Å². The molecule has 2 rings (SSSR count). The van der Waals surface area contributed by atoms with Gasteiger partial charge in [-0.15, -0.1) is 11.8 Å². The fourth-order valence-corrected chi connectivity index (χ4v) is 3.14. The number of hydrogen-bond acceptors (Lipinski definition) is 3. The summed E-state index contributed by atoms with van der Waals surface area (Å²) in [5.41, 5.74) is 6.71. The van der Waals surface area contributed by atoms with Crippen molar-refractivity contribution in [3.63, 3.8) is 0 Å². The molecule has 0 amide bonds. The van der Waals surface area contributed by atoms with Crippen LogP contribution in [0.25, 0.3) is 0 Å². The van der Waals surface area contributed by atoms with Gasteiger partial charge in [-0.2, -0.15) is 0 Å². The van der Waals surface area contributed by atoms with Gasteiger partial charge in [-0.3, -0.25) is 5.84 Å². The van der Waals surface area contributed by atoms with Gasteiger partial charge in [0.15, 0.2) is 0 Å². The van der Waals surface area contributed by atoms with E-state index in [1.807, 2.05) is 11.8 Å². The molecule has 3 N–H and O–H groups in total. The van der Waals surface area contributed by atoms with Crippen molar-refractivity contribution in [2.24, 2.45) is 5.84 Å². The summed E-state index contributed by atoms with van der Waals surface area (Å²) in [6.45, 7) is 4.37. The molecule has 2 aromatic rings. The smallest absolute Gasteiger partial charge is 0.0710 e. The van der Waals surface area contributed by atoms with Crippen LogP contribution in [0.2, 0.25) is 0 Å². The van der Waals surface area contributed by atoms with Gasteiger partial charge in [0.05, 0.1) is 6.04 Å². The summed E-state index contributed by atoms with van der Waals surface area (Å²) in [6.07, 6.45) is 2.30. The molecule has 112 valence electrons. The van der Waals surface area contributed by atoms with Crippen LogP contribution in [-0.2, 0) is 6.42 Å². The van der Waals surface area contributed by atoms with Crippen molar-refractivity contribution in [1.82, 2.24) is 5.43 Å². The van der Waals surface area contributed by atoms with Gasteiger partial charge in [-0.25, -0.2) is 5.43 Å². The van der Waals surface area contributed by atoms with E-state index in [1.54, 1.807) is 0 Å². The zero-order chi connectivity index (χ0) is 15.1. The fourth-order valence-electron chi connectivity index (χ4n) is 2.47. The molecular formula is C18H24N2S. The number of hydrazine groups is 1. The van der Waals surface area contributed by atoms with Crippen LogP contribution in [0.4, 0.5) is 0 Å². The van der Waals surface area contributed by atoms with Gasteiger partial charge in [0, 0.05) is 4.90 Å². The Kier molecular flexibility index (Phi) is 6.30. The van der Waals surface area contributed by atoms with Crippen LogP contribution in [0.5, 0.6) is 0 Å². The molecule has 0 aromatic heterocycles. The van der Waals surface area contributed by atoms with Crippen LogP contribution in [0.1, 0.15) is 43.0 Å². The third kappa shape index (κ3) is 4.34. The Balaban J connectivity index is 2.18. The molecule has 2 aromatic carbocycles. The molecule has 0 aliphatic carbocycles. The van der Waals surface area contributed by atoms with E-state index in [0.717, 1.165) is 12.2 Å². The lowest BCUT2D eigenvalue weighted by molar-refractivity contribution is 0.636. The quantitative estimate of drug-likeness (QED) is 0.455. The molecule has 0 aliphatic heterocycles. The minimum Gasteiger partial charge on any atom is -0.271 e. The summed E-state index contributed by atoms with van der Waals surface area (Å²) < 4.78 is 0. The number of hydrogen-bond donors (Lipinski definition) is 2. The van der Waals surface area contributed by atoms with Crippen molar-refractivity contribution in [3.05, 3.63) is 65.2 Å². The van der Waals surface area contributed by atoms with Crippen molar-refractivity contribution in [1.29, 1.82) is 0 Å². The Bertz CT molecular complexity index is 485. The molecule has 1 atom stereocenters. The molecule has 0 fully saturated rings. The highest BCUT2D eigenvalue weighted by molar-refractivity contribution is 7.99. The van der Waals surface area contributed by atoms with E-state index in [1.165, 1.54) is 28.0 Å². The Morgan fingerprint density at radius 3 is 2.00 bits per heavy atom. The van der Waals surface area contributed by atoms with Gasteiger partial charge in [0.2, 0.25) is 0 Å². The van der Waals surface area contributed by atoms with E-state index in [9.17, 15) is 0 Å². The van der Waals surface area contributed by atoms with Crippen LogP contribution in [-0.4, -0.2) is 5.75 Å². The van der Waals surface area contributed by atoms with Crippen LogP contribution in [0.15, 0.2) is 53.4 Å². The first-order valence-corrected chi connectivity index (χ1v) is 8.54. The molecule has 3 heteroatoms. The highest BCUT2D eigenvalue weighted by atomic mass is 32.2. The lowest BCUT2D eigenvalue weighted by Gasteiger charge is -2.17. The third-order valence-corrected chi connectivity index (χ3v) is 4.44. The minimum atomic E-state index is 0.0429. The summed E-state index contributed by atoms with van der Waals surface area (Å²) in [6, 6.07) is 17.4. The maximum atomic E-state index is 5.78. The Labute approximate surface area is 132 Å². The summed E-state index contributed by atoms with van der Waals surface area (Å²) in [5.74, 6) is 6.87. The van der Waals surface area contributed by atoms with E-state index in [0.29, 0.717) is 0 Å². The van der Waals surface area contributed by atoms with Crippen molar-refractivity contribution < 1.29 is 0 Å². The van der Waals surface area contributed by atoms with Gasteiger partial charge < -0.3 is 0 Å². The highest BCUT2D eigenvalue weighted by Crippen LogP contribution is 2.25. The lowest BCUT2D eigenvalue weighted by Crippen LogP contribution is -2.28. The normalized spacial score (nSPS) is 12.3. The standard InChI is InChI=1S/C18H24N2S/c1-3-5-14-6-8-15(9-7-14)18(20-19)16-10-12-17(13-11-16)21-4-2/h6-13,18,20H,3-5,19H2,1-2H3. The molecule has 0 aliphatic rings. The fraction of sp³-hybridized carbons (Fsp3) is 0.333. The van der Waals surface area contributed by atoms with E-state index in [-0.39, 0.29) is 6.04 Å². The SMILES string of the molecule is CCCc1ccc(C(NN)c2ccc(SCC)cc2)cc1. The molecule has 0 saturated heterocycles. The van der Waals surface area contributed by atoms with Gasteiger partial charge in [-0.1, -0.05) is 56.7 Å². The molecule has 2 nitrogen and oxygen atoms in total. The first kappa shape index (κ1) is 16.1. The highest BCUT2D eigenvalue weighted by Gasteiger charge is 2.12. The van der Waals surface area contributed by atoms with Crippen LogP contribution in [0.3, 0.4) is 0 Å². The van der Waals surface area contributed by atoms with Crippen molar-refractivity contribution >= 4 is 11.8 Å². The summed E-state index contributed by atoms with van der Waals surface area (Å²) in [5, 5.41) is 0. The first-order chi connectivity index (χ1) is 10.3. The zero-order valence-corrected chi connectivity index (χ0v) is 13.6. The van der Waals surface area contributed by atoms with Crippen molar-refractivity contribution in [3.8, 4) is 0 Å². The topological polar surface area (TPSA) is 38.0 Å². The zero-order valence-electron chi connectivity index (χ0n) is 12.8.